The van der Waals surface area contributed by atoms with Crippen molar-refractivity contribution < 1.29 is 20.1 Å². The third-order valence-corrected chi connectivity index (χ3v) is 4.98. The summed E-state index contributed by atoms with van der Waals surface area (Å²) in [4.78, 5) is 13.1. The highest BCUT2D eigenvalue weighted by Crippen LogP contribution is 2.33. The van der Waals surface area contributed by atoms with Gasteiger partial charge in [-0.2, -0.15) is 0 Å². The van der Waals surface area contributed by atoms with Crippen LogP contribution in [0.4, 0.5) is 0 Å². The van der Waals surface area contributed by atoms with Gasteiger partial charge in [0.1, 0.15) is 35.8 Å². The van der Waals surface area contributed by atoms with E-state index in [1.807, 2.05) is 12.1 Å². The minimum absolute atomic E-state index is 0.385. The maximum Gasteiger partial charge on any atom is 0.166 e. The topological polar surface area (TPSA) is 114 Å². The number of imidazole rings is 1. The largest absolute Gasteiger partial charge is 0.394 e. The van der Waals surface area contributed by atoms with E-state index in [0.717, 1.165) is 5.56 Å². The van der Waals surface area contributed by atoms with Gasteiger partial charge in [0.25, 0.3) is 0 Å². The van der Waals surface area contributed by atoms with Crippen LogP contribution >= 0.6 is 0 Å². The van der Waals surface area contributed by atoms with Gasteiger partial charge in [-0.3, -0.25) is 4.57 Å². The minimum Gasteiger partial charge on any atom is -0.394 e. The summed E-state index contributed by atoms with van der Waals surface area (Å²) >= 11 is 0. The number of hydrogen-bond donors (Lipinski definition) is 3. The van der Waals surface area contributed by atoms with Gasteiger partial charge in [0.15, 0.2) is 11.9 Å². The molecule has 1 saturated heterocycles. The summed E-state index contributed by atoms with van der Waals surface area (Å²) in [6, 6.07) is 8.11. The Bertz CT molecular complexity index is 958. The van der Waals surface area contributed by atoms with Crippen LogP contribution in [0.5, 0.6) is 0 Å². The lowest BCUT2D eigenvalue weighted by Crippen LogP contribution is -2.33. The molecule has 0 spiro atoms. The molecule has 3 N–H and O–H groups in total. The molecule has 0 amide bonds. The normalized spacial score (nSPS) is 25.6. The second-order valence-corrected chi connectivity index (χ2v) is 7.06. The molecule has 142 valence electrons. The van der Waals surface area contributed by atoms with E-state index >= 15 is 0 Å². The lowest BCUT2D eigenvalue weighted by Gasteiger charge is -2.16. The molecule has 8 nitrogen and oxygen atoms in total. The number of aromatic nitrogens is 4. The monoisotopic (exact) mass is 370 g/mol. The van der Waals surface area contributed by atoms with Gasteiger partial charge in [-0.05, 0) is 17.5 Å². The number of fused-ring (bicyclic) bond motifs is 1. The zero-order chi connectivity index (χ0) is 19.1. The molecule has 4 rings (SSSR count). The van der Waals surface area contributed by atoms with Crippen molar-refractivity contribution in [1.82, 2.24) is 19.5 Å². The summed E-state index contributed by atoms with van der Waals surface area (Å²) in [6.07, 6.45) is -1.16. The molecule has 1 unspecified atom stereocenters. The van der Waals surface area contributed by atoms with Gasteiger partial charge >= 0.3 is 0 Å². The number of benzene rings is 1. The quantitative estimate of drug-likeness (QED) is 0.633. The Morgan fingerprint density at radius 2 is 1.96 bits per heavy atom. The molecular weight excluding hydrogens is 348 g/mol. The fraction of sp³-hybridized carbons (Fsp3) is 0.421. The molecule has 4 atom stereocenters. The molecule has 1 aromatic carbocycles. The van der Waals surface area contributed by atoms with Crippen molar-refractivity contribution in [2.75, 3.05) is 6.61 Å². The predicted molar refractivity (Wildman–Crippen MR) is 97.9 cm³/mol. The van der Waals surface area contributed by atoms with Gasteiger partial charge in [-0.25, -0.2) is 15.0 Å². The first kappa shape index (κ1) is 18.0. The van der Waals surface area contributed by atoms with Gasteiger partial charge in [-0.1, -0.05) is 32.0 Å². The van der Waals surface area contributed by atoms with Crippen LogP contribution in [0.1, 0.15) is 31.6 Å². The van der Waals surface area contributed by atoms with Crippen molar-refractivity contribution in [1.29, 1.82) is 0 Å². The summed E-state index contributed by atoms with van der Waals surface area (Å²) < 4.78 is 7.16. The fourth-order valence-electron chi connectivity index (χ4n) is 3.40. The molecule has 1 fully saturated rings. The first-order chi connectivity index (χ1) is 13.0. The average Bonchev–Trinajstić information content (AvgIpc) is 3.23. The lowest BCUT2D eigenvalue weighted by molar-refractivity contribution is -0.0511. The summed E-state index contributed by atoms with van der Waals surface area (Å²) in [7, 11) is 0. The number of aliphatic hydroxyl groups excluding tert-OH is 3. The van der Waals surface area contributed by atoms with Crippen LogP contribution in [0.2, 0.25) is 0 Å². The van der Waals surface area contributed by atoms with Crippen LogP contribution in [0.15, 0.2) is 36.9 Å². The van der Waals surface area contributed by atoms with Gasteiger partial charge in [0.2, 0.25) is 0 Å². The molecule has 1 aliphatic rings. The Morgan fingerprint density at radius 1 is 1.15 bits per heavy atom. The average molecular weight is 370 g/mol. The fourth-order valence-corrected chi connectivity index (χ4v) is 3.40. The highest BCUT2D eigenvalue weighted by molar-refractivity contribution is 5.87. The van der Waals surface area contributed by atoms with Crippen LogP contribution in [0.3, 0.4) is 0 Å². The SMILES string of the molecule is CC(C)c1cccc(-c2ncnc3c2ncn3C2O[C@H](CO)[C@@H](O)[C@H]2O)c1. The summed E-state index contributed by atoms with van der Waals surface area (Å²) in [6.45, 7) is 3.87. The third-order valence-electron chi connectivity index (χ3n) is 4.98. The zero-order valence-corrected chi connectivity index (χ0v) is 15.1. The van der Waals surface area contributed by atoms with Crippen molar-refractivity contribution in [3.63, 3.8) is 0 Å². The van der Waals surface area contributed by atoms with Crippen molar-refractivity contribution in [3.05, 3.63) is 42.5 Å². The zero-order valence-electron chi connectivity index (χ0n) is 15.1. The lowest BCUT2D eigenvalue weighted by atomic mass is 9.99. The van der Waals surface area contributed by atoms with Crippen molar-refractivity contribution in [2.24, 2.45) is 0 Å². The van der Waals surface area contributed by atoms with E-state index in [0.29, 0.717) is 22.8 Å². The van der Waals surface area contributed by atoms with Crippen LogP contribution in [0.25, 0.3) is 22.4 Å². The molecule has 1 aliphatic heterocycles. The third kappa shape index (κ3) is 3.00. The molecular formula is C19H22N4O4. The Kier molecular flexibility index (Phi) is 4.65. The highest BCUT2D eigenvalue weighted by Gasteiger charge is 2.44. The van der Waals surface area contributed by atoms with Crippen molar-refractivity contribution >= 4 is 11.2 Å². The van der Waals surface area contributed by atoms with Crippen molar-refractivity contribution in [2.45, 2.75) is 44.3 Å². The molecule has 27 heavy (non-hydrogen) atoms. The number of hydrogen-bond acceptors (Lipinski definition) is 7. The van der Waals surface area contributed by atoms with E-state index in [1.165, 1.54) is 18.2 Å². The Hall–Kier alpha value is -2.39. The predicted octanol–water partition coefficient (Wildman–Crippen LogP) is 1.23. The van der Waals surface area contributed by atoms with E-state index in [2.05, 4.69) is 40.9 Å². The molecule has 0 saturated carbocycles. The standard InChI is InChI=1S/C19H22N4O4/c1-10(2)11-4-3-5-12(6-11)14-15-18(21-8-20-14)23(9-22-15)19-17(26)16(25)13(7-24)27-19/h3-6,8-10,13,16-17,19,24-26H,7H2,1-2H3/t13-,16-,17-,19?/m1/s1. The summed E-state index contributed by atoms with van der Waals surface area (Å²) in [5.74, 6) is 0.388. The number of ether oxygens (including phenoxy) is 1. The highest BCUT2D eigenvalue weighted by atomic mass is 16.6. The second-order valence-electron chi connectivity index (χ2n) is 7.06. The van der Waals surface area contributed by atoms with Crippen LogP contribution in [0, 0.1) is 0 Å². The Morgan fingerprint density at radius 3 is 2.67 bits per heavy atom. The van der Waals surface area contributed by atoms with Gasteiger partial charge < -0.3 is 20.1 Å². The second kappa shape index (κ2) is 6.97. The molecule has 2 aromatic heterocycles. The first-order valence-corrected chi connectivity index (χ1v) is 8.91. The summed E-state index contributed by atoms with van der Waals surface area (Å²) in [5.41, 5.74) is 3.89. The minimum atomic E-state index is -1.19. The molecule has 8 heteroatoms. The number of rotatable bonds is 4. The van der Waals surface area contributed by atoms with E-state index in [-0.39, 0.29) is 6.61 Å². The molecule has 3 aromatic rings. The first-order valence-electron chi connectivity index (χ1n) is 8.91. The molecule has 0 aliphatic carbocycles. The van der Waals surface area contributed by atoms with E-state index in [4.69, 9.17) is 4.74 Å². The van der Waals surface area contributed by atoms with E-state index in [1.54, 1.807) is 4.57 Å². The smallest absolute Gasteiger partial charge is 0.166 e. The van der Waals surface area contributed by atoms with E-state index < -0.39 is 24.5 Å². The molecule has 3 heterocycles. The van der Waals surface area contributed by atoms with Crippen LogP contribution < -0.4 is 0 Å². The molecule has 0 radical (unpaired) electrons. The maximum atomic E-state index is 10.3. The summed E-state index contributed by atoms with van der Waals surface area (Å²) in [5, 5.41) is 29.6. The maximum absolute atomic E-state index is 10.3. The Balaban J connectivity index is 1.78. The van der Waals surface area contributed by atoms with Gasteiger partial charge in [0.05, 0.1) is 12.9 Å². The van der Waals surface area contributed by atoms with Crippen LogP contribution in [-0.2, 0) is 4.74 Å². The Labute approximate surface area is 156 Å². The van der Waals surface area contributed by atoms with Crippen LogP contribution in [-0.4, -0.2) is 59.8 Å². The molecule has 0 bridgehead atoms. The number of nitrogens with zero attached hydrogens (tertiary/aromatic N) is 4. The van der Waals surface area contributed by atoms with Gasteiger partial charge in [-0.15, -0.1) is 0 Å². The van der Waals surface area contributed by atoms with Gasteiger partial charge in [0, 0.05) is 5.56 Å². The van der Waals surface area contributed by atoms with E-state index in [9.17, 15) is 15.3 Å². The van der Waals surface area contributed by atoms with Crippen molar-refractivity contribution in [3.8, 4) is 11.3 Å². The number of aliphatic hydroxyl groups is 3.